The average molecular weight is 269 g/mol. The molecule has 1 atom stereocenters. The molecule has 1 aliphatic rings. The first-order valence-corrected chi connectivity index (χ1v) is 6.32. The van der Waals surface area contributed by atoms with E-state index in [-0.39, 0.29) is 18.3 Å². The van der Waals surface area contributed by atoms with Gasteiger partial charge in [-0.2, -0.15) is 0 Å². The van der Waals surface area contributed by atoms with Crippen LogP contribution in [0.3, 0.4) is 0 Å². The van der Waals surface area contributed by atoms with Gasteiger partial charge in [0, 0.05) is 31.2 Å². The van der Waals surface area contributed by atoms with Crippen LogP contribution >= 0.6 is 12.4 Å². The third-order valence-electron chi connectivity index (χ3n) is 3.27. The van der Waals surface area contributed by atoms with Gasteiger partial charge in [0.1, 0.15) is 0 Å². The third-order valence-corrected chi connectivity index (χ3v) is 3.27. The van der Waals surface area contributed by atoms with Crippen molar-refractivity contribution in [1.82, 2.24) is 10.2 Å². The van der Waals surface area contributed by atoms with Crippen LogP contribution < -0.4 is 5.32 Å². The number of nitrogens with one attached hydrogen (secondary N) is 1. The Labute approximate surface area is 115 Å². The van der Waals surface area contributed by atoms with E-state index in [9.17, 15) is 4.79 Å². The zero-order valence-corrected chi connectivity index (χ0v) is 11.8. The number of aryl methyl sites for hydroxylation is 1. The topological polar surface area (TPSA) is 32.3 Å². The number of rotatable bonds is 2. The number of piperazine rings is 1. The Morgan fingerprint density at radius 2 is 2.06 bits per heavy atom. The number of carbonyl (C=O) groups is 1. The predicted octanol–water partition coefficient (Wildman–Crippen LogP) is 2.10. The molecule has 18 heavy (non-hydrogen) atoms. The van der Waals surface area contributed by atoms with Gasteiger partial charge in [-0.15, -0.1) is 12.4 Å². The summed E-state index contributed by atoms with van der Waals surface area (Å²) in [7, 11) is 0. The molecule has 100 valence electrons. The van der Waals surface area contributed by atoms with Crippen molar-refractivity contribution in [1.29, 1.82) is 0 Å². The predicted molar refractivity (Wildman–Crippen MR) is 76.4 cm³/mol. The number of hydrogen-bond acceptors (Lipinski definition) is 2. The van der Waals surface area contributed by atoms with Crippen LogP contribution in [-0.4, -0.2) is 36.5 Å². The lowest BCUT2D eigenvalue weighted by atomic mass is 10.1. The second kappa shape index (κ2) is 6.76. The zero-order chi connectivity index (χ0) is 12.3. The molecule has 1 amide bonds. The van der Waals surface area contributed by atoms with Gasteiger partial charge < -0.3 is 10.2 Å². The lowest BCUT2D eigenvalue weighted by Crippen LogP contribution is -2.51. The fourth-order valence-corrected chi connectivity index (χ4v) is 2.18. The van der Waals surface area contributed by atoms with E-state index >= 15 is 0 Å². The molecule has 2 rings (SSSR count). The maximum Gasteiger partial charge on any atom is 0.253 e. The minimum absolute atomic E-state index is 0. The van der Waals surface area contributed by atoms with Crippen molar-refractivity contribution >= 4 is 18.3 Å². The van der Waals surface area contributed by atoms with Crippen molar-refractivity contribution < 1.29 is 4.79 Å². The molecule has 1 N–H and O–H groups in total. The molecule has 1 saturated heterocycles. The van der Waals surface area contributed by atoms with Crippen molar-refractivity contribution in [2.24, 2.45) is 0 Å². The molecule has 0 aliphatic carbocycles. The Balaban J connectivity index is 0.00000162. The fraction of sp³-hybridized carbons (Fsp3) is 0.500. The molecule has 0 bridgehead atoms. The first-order chi connectivity index (χ1) is 8.20. The van der Waals surface area contributed by atoms with Crippen LogP contribution in [0.4, 0.5) is 0 Å². The summed E-state index contributed by atoms with van der Waals surface area (Å²) in [5.74, 6) is 0.154. The number of halogens is 1. The Hall–Kier alpha value is -1.06. The number of nitrogens with zero attached hydrogens (tertiary/aromatic N) is 1. The second-order valence-electron chi connectivity index (χ2n) is 4.66. The van der Waals surface area contributed by atoms with Crippen LogP contribution in [0.25, 0.3) is 0 Å². The van der Waals surface area contributed by atoms with E-state index in [0.717, 1.165) is 31.6 Å². The standard InChI is InChI=1S/C14H20N2O.ClH/c1-3-12-4-6-13(7-5-12)14(17)16-9-8-15-11(2)10-16;/h4-7,11,15H,3,8-10H2,1-2H3;1H/t11-;/m1./s1. The quantitative estimate of drug-likeness (QED) is 0.891. The molecule has 3 nitrogen and oxygen atoms in total. The van der Waals surface area contributed by atoms with E-state index in [4.69, 9.17) is 0 Å². The Morgan fingerprint density at radius 1 is 1.39 bits per heavy atom. The highest BCUT2D eigenvalue weighted by atomic mass is 35.5. The summed E-state index contributed by atoms with van der Waals surface area (Å²) < 4.78 is 0. The van der Waals surface area contributed by atoms with Crippen LogP contribution in [0.2, 0.25) is 0 Å². The lowest BCUT2D eigenvalue weighted by Gasteiger charge is -2.32. The van der Waals surface area contributed by atoms with Gasteiger partial charge in [-0.3, -0.25) is 4.79 Å². The Bertz CT molecular complexity index is 391. The van der Waals surface area contributed by atoms with E-state index in [1.807, 2.05) is 29.2 Å². The number of carbonyl (C=O) groups excluding carboxylic acids is 1. The SMILES string of the molecule is CCc1ccc(C(=O)N2CCN[C@H](C)C2)cc1.Cl. The molecule has 4 heteroatoms. The highest BCUT2D eigenvalue weighted by Gasteiger charge is 2.21. The summed E-state index contributed by atoms with van der Waals surface area (Å²) in [4.78, 5) is 14.2. The molecule has 0 radical (unpaired) electrons. The summed E-state index contributed by atoms with van der Waals surface area (Å²) in [6.07, 6.45) is 1.01. The summed E-state index contributed by atoms with van der Waals surface area (Å²) in [6.45, 7) is 6.72. The van der Waals surface area contributed by atoms with E-state index in [1.54, 1.807) is 0 Å². The molecular formula is C14H21ClN2O. The largest absolute Gasteiger partial charge is 0.336 e. The molecule has 0 aromatic heterocycles. The summed E-state index contributed by atoms with van der Waals surface area (Å²) in [5, 5.41) is 3.34. The minimum atomic E-state index is 0. The highest BCUT2D eigenvalue weighted by Crippen LogP contribution is 2.10. The van der Waals surface area contributed by atoms with Gasteiger partial charge in [0.25, 0.3) is 5.91 Å². The maximum atomic E-state index is 12.2. The van der Waals surface area contributed by atoms with Crippen molar-refractivity contribution in [2.75, 3.05) is 19.6 Å². The molecule has 0 unspecified atom stereocenters. The van der Waals surface area contributed by atoms with Crippen LogP contribution in [0.5, 0.6) is 0 Å². The molecule has 0 spiro atoms. The average Bonchev–Trinajstić information content (AvgIpc) is 2.38. The van der Waals surface area contributed by atoms with E-state index in [1.165, 1.54) is 5.56 Å². The summed E-state index contributed by atoms with van der Waals surface area (Å²) in [5.41, 5.74) is 2.08. The van der Waals surface area contributed by atoms with Crippen LogP contribution in [0.1, 0.15) is 29.8 Å². The minimum Gasteiger partial charge on any atom is -0.336 e. The number of hydrogen-bond donors (Lipinski definition) is 1. The normalized spacial score (nSPS) is 19.2. The van der Waals surface area contributed by atoms with Crippen LogP contribution in [0, 0.1) is 0 Å². The van der Waals surface area contributed by atoms with Crippen LogP contribution in [-0.2, 0) is 6.42 Å². The molecule has 1 aromatic rings. The Kier molecular flexibility index (Phi) is 5.63. The molecule has 1 heterocycles. The first kappa shape index (κ1) is 15.0. The third kappa shape index (κ3) is 3.47. The monoisotopic (exact) mass is 268 g/mol. The van der Waals surface area contributed by atoms with Gasteiger partial charge in [-0.1, -0.05) is 19.1 Å². The zero-order valence-electron chi connectivity index (χ0n) is 11.0. The lowest BCUT2D eigenvalue weighted by molar-refractivity contribution is 0.0709. The smallest absolute Gasteiger partial charge is 0.253 e. The van der Waals surface area contributed by atoms with Crippen molar-refractivity contribution in [3.8, 4) is 0 Å². The van der Waals surface area contributed by atoms with E-state index in [0.29, 0.717) is 6.04 Å². The fourth-order valence-electron chi connectivity index (χ4n) is 2.18. The van der Waals surface area contributed by atoms with Crippen molar-refractivity contribution in [2.45, 2.75) is 26.3 Å². The number of amides is 1. The van der Waals surface area contributed by atoms with Crippen molar-refractivity contribution in [3.05, 3.63) is 35.4 Å². The molecule has 1 fully saturated rings. The van der Waals surface area contributed by atoms with Crippen LogP contribution in [0.15, 0.2) is 24.3 Å². The first-order valence-electron chi connectivity index (χ1n) is 6.32. The van der Waals surface area contributed by atoms with Crippen molar-refractivity contribution in [3.63, 3.8) is 0 Å². The summed E-state index contributed by atoms with van der Waals surface area (Å²) >= 11 is 0. The summed E-state index contributed by atoms with van der Waals surface area (Å²) in [6, 6.07) is 8.35. The van der Waals surface area contributed by atoms with Gasteiger partial charge in [0.15, 0.2) is 0 Å². The van der Waals surface area contributed by atoms with Gasteiger partial charge >= 0.3 is 0 Å². The highest BCUT2D eigenvalue weighted by molar-refractivity contribution is 5.94. The van der Waals surface area contributed by atoms with Gasteiger partial charge in [-0.25, -0.2) is 0 Å². The maximum absolute atomic E-state index is 12.2. The van der Waals surface area contributed by atoms with Gasteiger partial charge in [0.2, 0.25) is 0 Å². The Morgan fingerprint density at radius 3 is 2.61 bits per heavy atom. The molecule has 1 aromatic carbocycles. The van der Waals surface area contributed by atoms with Gasteiger partial charge in [-0.05, 0) is 31.0 Å². The van der Waals surface area contributed by atoms with E-state index in [2.05, 4.69) is 19.2 Å². The van der Waals surface area contributed by atoms with E-state index < -0.39 is 0 Å². The molecule has 1 aliphatic heterocycles. The molecule has 0 saturated carbocycles. The number of benzene rings is 1. The van der Waals surface area contributed by atoms with Gasteiger partial charge in [0.05, 0.1) is 0 Å². The second-order valence-corrected chi connectivity index (χ2v) is 4.66. The molecular weight excluding hydrogens is 248 g/mol.